The molecule has 0 N–H and O–H groups in total. The maximum Gasteiger partial charge on any atom is 0.242 e. The van der Waals surface area contributed by atoms with Crippen LogP contribution in [0.4, 0.5) is 0 Å². The first-order valence-electron chi connectivity index (χ1n) is 10.7. The maximum atomic E-state index is 13.2. The van der Waals surface area contributed by atoms with Gasteiger partial charge >= 0.3 is 0 Å². The third kappa shape index (κ3) is 6.21. The van der Waals surface area contributed by atoms with E-state index in [2.05, 4.69) is 13.8 Å². The van der Waals surface area contributed by atoms with Gasteiger partial charge in [0.1, 0.15) is 6.54 Å². The number of amides is 2. The Morgan fingerprint density at radius 1 is 1.07 bits per heavy atom. The largest absolute Gasteiger partial charge is 0.353 e. The average Bonchev–Trinajstić information content (AvgIpc) is 3.46. The second-order valence-electron chi connectivity index (χ2n) is 8.52. The van der Waals surface area contributed by atoms with Crippen LogP contribution >= 0.6 is 0 Å². The van der Waals surface area contributed by atoms with Crippen molar-refractivity contribution in [3.8, 4) is 0 Å². The third-order valence-corrected chi connectivity index (χ3v) is 5.43. The number of aromatic nitrogens is 1. The third-order valence-electron chi connectivity index (χ3n) is 5.43. The van der Waals surface area contributed by atoms with Gasteiger partial charge in [-0.3, -0.25) is 9.59 Å². The van der Waals surface area contributed by atoms with E-state index in [9.17, 15) is 9.59 Å². The summed E-state index contributed by atoms with van der Waals surface area (Å²) >= 11 is 0. The topological polar surface area (TPSA) is 45.6 Å². The number of benzene rings is 1. The Balaban J connectivity index is 1.63. The number of hydrogen-bond acceptors (Lipinski definition) is 2. The summed E-state index contributed by atoms with van der Waals surface area (Å²) in [5.74, 6) is 0.510. The smallest absolute Gasteiger partial charge is 0.242 e. The molecule has 0 aliphatic heterocycles. The minimum atomic E-state index is 0.0415. The monoisotopic (exact) mass is 395 g/mol. The summed E-state index contributed by atoms with van der Waals surface area (Å²) in [4.78, 5) is 29.8. The standard InChI is InChI=1S/C24H33N3O2/c1-19(2)16-26(17-22-10-7-15-25(22)3)24(29)18-27(21-12-13-21)23(28)14-11-20-8-5-4-6-9-20/h4-10,15,19,21H,11-14,16-18H2,1-3H3. The first-order chi connectivity index (χ1) is 13.9. The summed E-state index contributed by atoms with van der Waals surface area (Å²) in [7, 11) is 2.00. The molecule has 1 aromatic heterocycles. The zero-order valence-corrected chi connectivity index (χ0v) is 17.9. The van der Waals surface area contributed by atoms with Crippen LogP contribution in [0.3, 0.4) is 0 Å². The molecule has 0 radical (unpaired) electrons. The molecule has 3 rings (SSSR count). The minimum absolute atomic E-state index is 0.0415. The number of nitrogens with zero attached hydrogens (tertiary/aromatic N) is 3. The van der Waals surface area contributed by atoms with Crippen molar-refractivity contribution in [2.45, 2.75) is 52.1 Å². The first-order valence-corrected chi connectivity index (χ1v) is 10.7. The van der Waals surface area contributed by atoms with Gasteiger partial charge in [-0.1, -0.05) is 44.2 Å². The lowest BCUT2D eigenvalue weighted by Gasteiger charge is -2.29. The molecule has 1 heterocycles. The van der Waals surface area contributed by atoms with E-state index in [1.807, 2.05) is 70.1 Å². The molecule has 156 valence electrons. The Morgan fingerprint density at radius 2 is 1.79 bits per heavy atom. The molecule has 1 fully saturated rings. The van der Waals surface area contributed by atoms with E-state index in [-0.39, 0.29) is 24.4 Å². The Hall–Kier alpha value is -2.56. The number of rotatable bonds is 10. The summed E-state index contributed by atoms with van der Waals surface area (Å²) in [6.45, 7) is 5.71. The molecule has 1 saturated carbocycles. The summed E-state index contributed by atoms with van der Waals surface area (Å²) < 4.78 is 2.05. The summed E-state index contributed by atoms with van der Waals surface area (Å²) in [5, 5.41) is 0. The SMILES string of the molecule is CC(C)CN(Cc1cccn1C)C(=O)CN(C(=O)CCc1ccccc1)C1CC1. The van der Waals surface area contributed by atoms with Crippen LogP contribution < -0.4 is 0 Å². The summed E-state index contributed by atoms with van der Waals surface area (Å²) in [6.07, 6.45) is 5.18. The van der Waals surface area contributed by atoms with Gasteiger partial charge in [0.25, 0.3) is 0 Å². The van der Waals surface area contributed by atoms with Gasteiger partial charge in [0.2, 0.25) is 11.8 Å². The van der Waals surface area contributed by atoms with Crippen LogP contribution in [0.2, 0.25) is 0 Å². The zero-order chi connectivity index (χ0) is 20.8. The van der Waals surface area contributed by atoms with Gasteiger partial charge in [-0.2, -0.15) is 0 Å². The van der Waals surface area contributed by atoms with Crippen molar-refractivity contribution >= 4 is 11.8 Å². The van der Waals surface area contributed by atoms with Crippen molar-refractivity contribution in [3.63, 3.8) is 0 Å². The Bertz CT molecular complexity index is 809. The molecule has 29 heavy (non-hydrogen) atoms. The van der Waals surface area contributed by atoms with E-state index in [4.69, 9.17) is 0 Å². The molecule has 1 aliphatic carbocycles. The lowest BCUT2D eigenvalue weighted by Crippen LogP contribution is -2.45. The molecule has 0 bridgehead atoms. The van der Waals surface area contributed by atoms with Crippen LogP contribution in [0.1, 0.15) is 44.4 Å². The zero-order valence-electron chi connectivity index (χ0n) is 17.9. The van der Waals surface area contributed by atoms with Crippen molar-refractivity contribution in [2.75, 3.05) is 13.1 Å². The lowest BCUT2D eigenvalue weighted by molar-refractivity contribution is -0.141. The molecule has 2 amide bonds. The normalized spacial score (nSPS) is 13.5. The number of carbonyl (C=O) groups is 2. The Labute approximate surface area is 174 Å². The molecule has 0 saturated heterocycles. The van der Waals surface area contributed by atoms with Crippen LogP contribution in [0.25, 0.3) is 0 Å². The van der Waals surface area contributed by atoms with Crippen molar-refractivity contribution < 1.29 is 9.59 Å². The molecule has 5 nitrogen and oxygen atoms in total. The predicted octanol–water partition coefficient (Wildman–Crippen LogP) is 3.63. The molecule has 1 aromatic carbocycles. The molecular weight excluding hydrogens is 362 g/mol. The highest BCUT2D eigenvalue weighted by atomic mass is 16.2. The van der Waals surface area contributed by atoms with Gasteiger partial charge in [0.05, 0.1) is 6.54 Å². The van der Waals surface area contributed by atoms with Gasteiger partial charge in [-0.15, -0.1) is 0 Å². The molecular formula is C24H33N3O2. The predicted molar refractivity (Wildman–Crippen MR) is 115 cm³/mol. The van der Waals surface area contributed by atoms with Crippen LogP contribution in [-0.2, 0) is 29.6 Å². The van der Waals surface area contributed by atoms with Crippen molar-refractivity contribution in [3.05, 3.63) is 59.9 Å². The Kier molecular flexibility index (Phi) is 7.13. The van der Waals surface area contributed by atoms with Crippen LogP contribution in [0.15, 0.2) is 48.7 Å². The molecule has 5 heteroatoms. The highest BCUT2D eigenvalue weighted by molar-refractivity contribution is 5.85. The fraction of sp³-hybridized carbons (Fsp3) is 0.500. The van der Waals surface area contributed by atoms with Crippen molar-refractivity contribution in [2.24, 2.45) is 13.0 Å². The van der Waals surface area contributed by atoms with E-state index in [1.165, 1.54) is 0 Å². The van der Waals surface area contributed by atoms with Crippen LogP contribution in [-0.4, -0.2) is 45.3 Å². The van der Waals surface area contributed by atoms with Crippen molar-refractivity contribution in [1.82, 2.24) is 14.4 Å². The summed E-state index contributed by atoms with van der Waals surface area (Å²) in [6, 6.07) is 14.3. The van der Waals surface area contributed by atoms with Gasteiger partial charge in [-0.05, 0) is 42.9 Å². The highest BCUT2D eigenvalue weighted by Crippen LogP contribution is 2.28. The second kappa shape index (κ2) is 9.77. The van der Waals surface area contributed by atoms with Gasteiger partial charge in [0.15, 0.2) is 0 Å². The minimum Gasteiger partial charge on any atom is -0.353 e. The molecule has 1 aliphatic rings. The maximum absolute atomic E-state index is 13.2. The van der Waals surface area contributed by atoms with E-state index in [1.54, 1.807) is 0 Å². The van der Waals surface area contributed by atoms with Gasteiger partial charge < -0.3 is 14.4 Å². The van der Waals surface area contributed by atoms with E-state index in [0.717, 1.165) is 30.5 Å². The van der Waals surface area contributed by atoms with E-state index < -0.39 is 0 Å². The number of aryl methyl sites for hydroxylation is 2. The first kappa shape index (κ1) is 21.2. The van der Waals surface area contributed by atoms with Crippen LogP contribution in [0.5, 0.6) is 0 Å². The number of hydrogen-bond donors (Lipinski definition) is 0. The van der Waals surface area contributed by atoms with Gasteiger partial charge in [-0.25, -0.2) is 0 Å². The quantitative estimate of drug-likeness (QED) is 0.617. The fourth-order valence-electron chi connectivity index (χ4n) is 3.64. The molecule has 2 aromatic rings. The highest BCUT2D eigenvalue weighted by Gasteiger charge is 2.34. The van der Waals surface area contributed by atoms with Crippen LogP contribution in [0, 0.1) is 5.92 Å². The van der Waals surface area contributed by atoms with E-state index >= 15 is 0 Å². The van der Waals surface area contributed by atoms with Gasteiger partial charge in [0, 0.05) is 37.9 Å². The molecule has 0 spiro atoms. The van der Waals surface area contributed by atoms with Crippen molar-refractivity contribution in [1.29, 1.82) is 0 Å². The second-order valence-corrected chi connectivity index (χ2v) is 8.52. The number of carbonyl (C=O) groups excluding carboxylic acids is 2. The lowest BCUT2D eigenvalue weighted by atomic mass is 10.1. The average molecular weight is 396 g/mol. The van der Waals surface area contributed by atoms with E-state index in [0.29, 0.717) is 25.4 Å². The fourth-order valence-corrected chi connectivity index (χ4v) is 3.64. The summed E-state index contributed by atoms with van der Waals surface area (Å²) in [5.41, 5.74) is 2.26. The molecule has 0 unspecified atom stereocenters. The molecule has 0 atom stereocenters. The Morgan fingerprint density at radius 3 is 2.38 bits per heavy atom.